The Morgan fingerprint density at radius 1 is 1.15 bits per heavy atom. The fourth-order valence-electron chi connectivity index (χ4n) is 1.94. The first kappa shape index (κ1) is 16.9. The number of carboxylic acid groups (broad SMARTS) is 1. The molecule has 1 rings (SSSR count). The van der Waals surface area contributed by atoms with E-state index in [4.69, 9.17) is 28.3 Å². The van der Waals surface area contributed by atoms with Crippen molar-refractivity contribution in [3.8, 4) is 0 Å². The zero-order valence-corrected chi connectivity index (χ0v) is 12.8. The number of halogens is 2. The van der Waals surface area contributed by atoms with Crippen molar-refractivity contribution in [1.82, 2.24) is 5.32 Å². The lowest BCUT2D eigenvalue weighted by molar-refractivity contribution is 0.194. The minimum atomic E-state index is -0.974. The first-order chi connectivity index (χ1) is 9.67. The topological polar surface area (TPSA) is 52.6 Å². The molecule has 0 fully saturated rings. The summed E-state index contributed by atoms with van der Waals surface area (Å²) in [5.41, 5.74) is 2.30. The lowest BCUT2D eigenvalue weighted by Gasteiger charge is -2.23. The van der Waals surface area contributed by atoms with Crippen LogP contribution in [-0.4, -0.2) is 42.6 Å². The van der Waals surface area contributed by atoms with E-state index in [2.05, 4.69) is 34.5 Å². The Morgan fingerprint density at radius 3 is 2.25 bits per heavy atom. The van der Waals surface area contributed by atoms with Gasteiger partial charge in [0, 0.05) is 37.1 Å². The first-order valence-corrected chi connectivity index (χ1v) is 7.67. The molecule has 0 atom stereocenters. The second-order valence-corrected chi connectivity index (χ2v) is 5.12. The maximum absolute atomic E-state index is 10.3. The van der Waals surface area contributed by atoms with E-state index in [0.717, 1.165) is 31.6 Å². The van der Waals surface area contributed by atoms with Crippen LogP contribution in [0.4, 0.5) is 10.5 Å². The lowest BCUT2D eigenvalue weighted by Crippen LogP contribution is -2.27. The van der Waals surface area contributed by atoms with Crippen LogP contribution in [-0.2, 0) is 6.42 Å². The van der Waals surface area contributed by atoms with E-state index in [9.17, 15) is 4.79 Å². The van der Waals surface area contributed by atoms with Crippen molar-refractivity contribution in [2.45, 2.75) is 12.8 Å². The van der Waals surface area contributed by atoms with Gasteiger partial charge in [-0.05, 0) is 30.5 Å². The molecule has 1 aromatic rings. The second-order valence-electron chi connectivity index (χ2n) is 4.37. The van der Waals surface area contributed by atoms with Gasteiger partial charge in [0.1, 0.15) is 0 Å². The largest absolute Gasteiger partial charge is 0.465 e. The van der Waals surface area contributed by atoms with Crippen molar-refractivity contribution in [2.24, 2.45) is 0 Å². The molecule has 0 bridgehead atoms. The van der Waals surface area contributed by atoms with Gasteiger partial charge in [-0.15, -0.1) is 23.2 Å². The zero-order chi connectivity index (χ0) is 14.8. The van der Waals surface area contributed by atoms with Crippen molar-refractivity contribution < 1.29 is 9.90 Å². The quantitative estimate of drug-likeness (QED) is 0.543. The van der Waals surface area contributed by atoms with E-state index in [1.54, 1.807) is 0 Å². The van der Waals surface area contributed by atoms with Crippen LogP contribution < -0.4 is 10.2 Å². The van der Waals surface area contributed by atoms with Crippen molar-refractivity contribution in [1.29, 1.82) is 0 Å². The molecule has 6 heteroatoms. The number of nitrogens with one attached hydrogen (secondary N) is 1. The molecule has 0 saturated heterocycles. The Morgan fingerprint density at radius 2 is 1.75 bits per heavy atom. The Hall–Kier alpha value is -1.13. The van der Waals surface area contributed by atoms with Gasteiger partial charge in [0.25, 0.3) is 0 Å². The molecular formula is C14H20Cl2N2O2. The van der Waals surface area contributed by atoms with Crippen LogP contribution in [0.25, 0.3) is 0 Å². The monoisotopic (exact) mass is 318 g/mol. The molecule has 20 heavy (non-hydrogen) atoms. The molecule has 2 N–H and O–H groups in total. The smallest absolute Gasteiger partial charge is 0.404 e. The normalized spacial score (nSPS) is 10.3. The van der Waals surface area contributed by atoms with Gasteiger partial charge in [-0.2, -0.15) is 0 Å². The van der Waals surface area contributed by atoms with Gasteiger partial charge in [-0.25, -0.2) is 4.79 Å². The SMILES string of the molecule is O=C(O)NCCCc1ccc(N(CCCl)CCCl)cc1. The standard InChI is InChI=1S/C14H20Cl2N2O2/c15-7-10-18(11-8-16)13-5-3-12(4-6-13)2-1-9-17-14(19)20/h3-6,17H,1-2,7-11H2,(H,19,20). The third-order valence-electron chi connectivity index (χ3n) is 2.93. The van der Waals surface area contributed by atoms with Crippen LogP contribution in [0, 0.1) is 0 Å². The maximum Gasteiger partial charge on any atom is 0.404 e. The fourth-order valence-corrected chi connectivity index (χ4v) is 2.34. The Kier molecular flexibility index (Phi) is 8.23. The number of carbonyl (C=O) groups is 1. The van der Waals surface area contributed by atoms with E-state index < -0.39 is 6.09 Å². The average Bonchev–Trinajstić information content (AvgIpc) is 2.44. The van der Waals surface area contributed by atoms with Gasteiger partial charge in [-0.1, -0.05) is 12.1 Å². The maximum atomic E-state index is 10.3. The summed E-state index contributed by atoms with van der Waals surface area (Å²) in [6, 6.07) is 8.23. The molecule has 0 radical (unpaired) electrons. The Bertz CT molecular complexity index is 393. The van der Waals surface area contributed by atoms with Crippen LogP contribution in [0.5, 0.6) is 0 Å². The molecule has 0 aliphatic carbocycles. The number of nitrogens with zero attached hydrogens (tertiary/aromatic N) is 1. The van der Waals surface area contributed by atoms with Crippen LogP contribution in [0.3, 0.4) is 0 Å². The lowest BCUT2D eigenvalue weighted by atomic mass is 10.1. The summed E-state index contributed by atoms with van der Waals surface area (Å²) in [5.74, 6) is 1.14. The van der Waals surface area contributed by atoms with E-state index in [1.807, 2.05) is 0 Å². The number of amides is 1. The number of benzene rings is 1. The minimum absolute atomic E-state index is 0.474. The van der Waals surface area contributed by atoms with Crippen LogP contribution >= 0.6 is 23.2 Å². The van der Waals surface area contributed by atoms with Gasteiger partial charge < -0.3 is 15.3 Å². The minimum Gasteiger partial charge on any atom is -0.465 e. The predicted octanol–water partition coefficient (Wildman–Crippen LogP) is 3.17. The van der Waals surface area contributed by atoms with E-state index >= 15 is 0 Å². The molecule has 0 aromatic heterocycles. The number of aryl methyl sites for hydroxylation is 1. The summed E-state index contributed by atoms with van der Waals surface area (Å²) in [5, 5.41) is 10.8. The highest BCUT2D eigenvalue weighted by atomic mass is 35.5. The third kappa shape index (κ3) is 6.35. The average molecular weight is 319 g/mol. The molecule has 1 aromatic carbocycles. The zero-order valence-electron chi connectivity index (χ0n) is 11.3. The number of rotatable bonds is 9. The summed E-state index contributed by atoms with van der Waals surface area (Å²) in [7, 11) is 0. The molecule has 0 unspecified atom stereocenters. The molecule has 0 heterocycles. The first-order valence-electron chi connectivity index (χ1n) is 6.60. The van der Waals surface area contributed by atoms with Crippen LogP contribution in [0.2, 0.25) is 0 Å². The Balaban J connectivity index is 2.47. The molecule has 0 aliphatic heterocycles. The van der Waals surface area contributed by atoms with Gasteiger partial charge in [-0.3, -0.25) is 0 Å². The van der Waals surface area contributed by atoms with E-state index in [1.165, 1.54) is 5.56 Å². The van der Waals surface area contributed by atoms with E-state index in [0.29, 0.717) is 18.3 Å². The number of hydrogen-bond acceptors (Lipinski definition) is 2. The van der Waals surface area contributed by atoms with E-state index in [-0.39, 0.29) is 0 Å². The number of alkyl halides is 2. The Labute approximate surface area is 129 Å². The van der Waals surface area contributed by atoms with Crippen molar-refractivity contribution in [3.05, 3.63) is 29.8 Å². The highest BCUT2D eigenvalue weighted by Crippen LogP contribution is 2.16. The van der Waals surface area contributed by atoms with Gasteiger partial charge >= 0.3 is 6.09 Å². The van der Waals surface area contributed by atoms with Gasteiger partial charge in [0.2, 0.25) is 0 Å². The second kappa shape index (κ2) is 9.72. The van der Waals surface area contributed by atoms with Crippen molar-refractivity contribution in [3.63, 3.8) is 0 Å². The molecule has 112 valence electrons. The number of hydrogen-bond donors (Lipinski definition) is 2. The fraction of sp³-hybridized carbons (Fsp3) is 0.500. The highest BCUT2D eigenvalue weighted by molar-refractivity contribution is 6.18. The van der Waals surface area contributed by atoms with Crippen molar-refractivity contribution in [2.75, 3.05) is 36.3 Å². The number of anilines is 1. The summed E-state index contributed by atoms with van der Waals surface area (Å²) >= 11 is 11.6. The summed E-state index contributed by atoms with van der Waals surface area (Å²) in [4.78, 5) is 12.5. The molecule has 0 saturated carbocycles. The summed E-state index contributed by atoms with van der Waals surface area (Å²) < 4.78 is 0. The molecular weight excluding hydrogens is 299 g/mol. The summed E-state index contributed by atoms with van der Waals surface area (Å²) in [6.45, 7) is 2.02. The van der Waals surface area contributed by atoms with Gasteiger partial charge in [0.15, 0.2) is 0 Å². The summed E-state index contributed by atoms with van der Waals surface area (Å²) in [6.07, 6.45) is 0.669. The highest BCUT2D eigenvalue weighted by Gasteiger charge is 2.05. The molecule has 4 nitrogen and oxygen atoms in total. The molecule has 0 spiro atoms. The molecule has 0 aliphatic rings. The predicted molar refractivity (Wildman–Crippen MR) is 84.4 cm³/mol. The van der Waals surface area contributed by atoms with Crippen molar-refractivity contribution >= 4 is 35.0 Å². The third-order valence-corrected chi connectivity index (χ3v) is 3.27. The molecule has 1 amide bonds. The van der Waals surface area contributed by atoms with Gasteiger partial charge in [0.05, 0.1) is 0 Å². The van der Waals surface area contributed by atoms with Crippen LogP contribution in [0.15, 0.2) is 24.3 Å². The van der Waals surface area contributed by atoms with Crippen LogP contribution in [0.1, 0.15) is 12.0 Å².